The van der Waals surface area contributed by atoms with Gasteiger partial charge in [-0.3, -0.25) is 0 Å². The molecule has 0 fully saturated rings. The summed E-state index contributed by atoms with van der Waals surface area (Å²) in [6.07, 6.45) is 4.20. The van der Waals surface area contributed by atoms with Gasteiger partial charge >= 0.3 is 0 Å². The van der Waals surface area contributed by atoms with Crippen LogP contribution in [0.25, 0.3) is 0 Å². The third kappa shape index (κ3) is 5.22. The van der Waals surface area contributed by atoms with Gasteiger partial charge in [-0.1, -0.05) is 62.0 Å². The molecule has 112 valence electrons. The number of rotatable bonds is 3. The molecule has 1 aliphatic rings. The highest BCUT2D eigenvalue weighted by Crippen LogP contribution is 2.43. The van der Waals surface area contributed by atoms with Crippen LogP contribution in [0.3, 0.4) is 0 Å². The molecule has 0 saturated carbocycles. The number of hydrogen-bond acceptors (Lipinski definition) is 1. The molecule has 3 heteroatoms. The highest BCUT2D eigenvalue weighted by atomic mass is 32.2. The van der Waals surface area contributed by atoms with E-state index in [0.717, 1.165) is 24.2 Å². The van der Waals surface area contributed by atoms with Crippen molar-refractivity contribution in [1.82, 2.24) is 0 Å². The lowest BCUT2D eigenvalue weighted by molar-refractivity contribution is -0.109. The number of carbonyl (C=O) groups is 1. The van der Waals surface area contributed by atoms with E-state index < -0.39 is 8.07 Å². The van der Waals surface area contributed by atoms with Gasteiger partial charge in [0.15, 0.2) is 0 Å². The molecule has 0 bridgehead atoms. The summed E-state index contributed by atoms with van der Waals surface area (Å²) < 4.78 is 0. The predicted molar refractivity (Wildman–Crippen MR) is 97.4 cm³/mol. The number of carbonyl (C=O) groups excluding carboxylic acids is 1. The van der Waals surface area contributed by atoms with Crippen molar-refractivity contribution in [3.05, 3.63) is 46.9 Å². The standard InChI is InChI=1S/C18H24OSSi/c1-21(2,3)12-10-18-13-17(14-19)9-11-20(18)15-16-7-5-4-6-8-16/h4-8,13-14,17,20H,9,11,15H2,1-3H3. The van der Waals surface area contributed by atoms with E-state index in [1.54, 1.807) is 0 Å². The summed E-state index contributed by atoms with van der Waals surface area (Å²) in [6.45, 7) is 6.79. The quantitative estimate of drug-likeness (QED) is 0.383. The molecule has 0 spiro atoms. The minimum absolute atomic E-state index is 0.0745. The lowest BCUT2D eigenvalue weighted by atomic mass is 10.1. The van der Waals surface area contributed by atoms with Crippen LogP contribution in [-0.4, -0.2) is 20.1 Å². The first-order chi connectivity index (χ1) is 9.98. The van der Waals surface area contributed by atoms with Gasteiger partial charge < -0.3 is 4.79 Å². The topological polar surface area (TPSA) is 17.1 Å². The molecule has 2 unspecified atom stereocenters. The highest BCUT2D eigenvalue weighted by Gasteiger charge is 2.19. The second-order valence-corrected chi connectivity index (χ2v) is 13.6. The number of thiol groups is 1. The van der Waals surface area contributed by atoms with Crippen molar-refractivity contribution >= 4 is 25.3 Å². The Morgan fingerprint density at radius 3 is 2.62 bits per heavy atom. The SMILES string of the molecule is C[Si](C)(C)C#CC1=CC(C=O)CC[SH]1Cc1ccccc1. The van der Waals surface area contributed by atoms with E-state index in [9.17, 15) is 4.79 Å². The van der Waals surface area contributed by atoms with E-state index in [0.29, 0.717) is 0 Å². The first-order valence-electron chi connectivity index (χ1n) is 7.47. The first kappa shape index (κ1) is 16.1. The highest BCUT2D eigenvalue weighted by molar-refractivity contribution is 8.20. The molecular formula is C18H24OSSi. The Balaban J connectivity index is 2.22. The van der Waals surface area contributed by atoms with Gasteiger partial charge in [0.1, 0.15) is 14.4 Å². The number of hydrogen-bond donors (Lipinski definition) is 1. The summed E-state index contributed by atoms with van der Waals surface area (Å²) in [6, 6.07) is 10.6. The van der Waals surface area contributed by atoms with Gasteiger partial charge in [-0.2, -0.15) is 0 Å². The third-order valence-electron chi connectivity index (χ3n) is 3.40. The molecule has 1 aromatic carbocycles. The molecule has 21 heavy (non-hydrogen) atoms. The minimum atomic E-state index is -1.37. The smallest absolute Gasteiger partial charge is 0.129 e. The molecule has 0 radical (unpaired) electrons. The fourth-order valence-electron chi connectivity index (χ4n) is 2.26. The van der Waals surface area contributed by atoms with Gasteiger partial charge in [-0.15, -0.1) is 5.54 Å². The number of aldehydes is 1. The van der Waals surface area contributed by atoms with Crippen molar-refractivity contribution in [2.24, 2.45) is 5.92 Å². The Labute approximate surface area is 132 Å². The van der Waals surface area contributed by atoms with Crippen LogP contribution in [0.4, 0.5) is 0 Å². The zero-order valence-electron chi connectivity index (χ0n) is 13.1. The third-order valence-corrected chi connectivity index (χ3v) is 6.76. The van der Waals surface area contributed by atoms with Crippen molar-refractivity contribution in [2.45, 2.75) is 31.8 Å². The van der Waals surface area contributed by atoms with Crippen molar-refractivity contribution in [3.8, 4) is 11.5 Å². The van der Waals surface area contributed by atoms with E-state index in [1.807, 2.05) is 0 Å². The van der Waals surface area contributed by atoms with Gasteiger partial charge in [0, 0.05) is 16.6 Å². The molecule has 0 aliphatic carbocycles. The Morgan fingerprint density at radius 2 is 2.00 bits per heavy atom. The van der Waals surface area contributed by atoms with Crippen LogP contribution in [0.15, 0.2) is 41.3 Å². The lowest BCUT2D eigenvalue weighted by Gasteiger charge is -2.28. The van der Waals surface area contributed by atoms with Gasteiger partial charge in [0.2, 0.25) is 0 Å². The maximum absolute atomic E-state index is 11.1. The van der Waals surface area contributed by atoms with Crippen LogP contribution in [-0.2, 0) is 10.5 Å². The molecule has 1 nitrogen and oxygen atoms in total. The second-order valence-electron chi connectivity index (χ2n) is 6.55. The summed E-state index contributed by atoms with van der Waals surface area (Å²) in [5.41, 5.74) is 4.86. The second kappa shape index (κ2) is 7.15. The zero-order chi connectivity index (χ0) is 15.3. The fraction of sp³-hybridized carbons (Fsp3) is 0.389. The van der Waals surface area contributed by atoms with E-state index >= 15 is 0 Å². The average molecular weight is 317 g/mol. The Kier molecular flexibility index (Phi) is 5.49. The molecule has 2 atom stereocenters. The van der Waals surface area contributed by atoms with Crippen LogP contribution < -0.4 is 0 Å². The van der Waals surface area contributed by atoms with Crippen molar-refractivity contribution in [2.75, 3.05) is 5.75 Å². The van der Waals surface area contributed by atoms with Crippen molar-refractivity contribution in [1.29, 1.82) is 0 Å². The maximum Gasteiger partial charge on any atom is 0.129 e. The summed E-state index contributed by atoms with van der Waals surface area (Å²) in [5, 5.41) is 0. The van der Waals surface area contributed by atoms with Crippen LogP contribution >= 0.6 is 10.9 Å². The monoisotopic (exact) mass is 316 g/mol. The molecule has 0 saturated heterocycles. The van der Waals surface area contributed by atoms with E-state index in [4.69, 9.17) is 0 Å². The van der Waals surface area contributed by atoms with Crippen LogP contribution in [0.5, 0.6) is 0 Å². The van der Waals surface area contributed by atoms with Gasteiger partial charge in [0.05, 0.1) is 0 Å². The Bertz CT molecular complexity index is 575. The molecule has 1 aromatic rings. The number of benzene rings is 1. The minimum Gasteiger partial charge on any atom is -0.303 e. The summed E-state index contributed by atoms with van der Waals surface area (Å²) in [5.74, 6) is 5.73. The van der Waals surface area contributed by atoms with Gasteiger partial charge in [-0.25, -0.2) is 10.9 Å². The van der Waals surface area contributed by atoms with Crippen molar-refractivity contribution in [3.63, 3.8) is 0 Å². The van der Waals surface area contributed by atoms with Crippen LogP contribution in [0.1, 0.15) is 12.0 Å². The maximum atomic E-state index is 11.1. The van der Waals surface area contributed by atoms with Crippen LogP contribution in [0.2, 0.25) is 19.6 Å². The molecule has 1 heterocycles. The summed E-state index contributed by atoms with van der Waals surface area (Å²) >= 11 is 0. The molecule has 0 N–H and O–H groups in total. The zero-order valence-corrected chi connectivity index (χ0v) is 15.0. The number of allylic oxidation sites excluding steroid dienone is 2. The first-order valence-corrected chi connectivity index (χ1v) is 12.7. The van der Waals surface area contributed by atoms with E-state index in [1.165, 1.54) is 10.5 Å². The average Bonchev–Trinajstić information content (AvgIpc) is 2.46. The molecule has 0 aromatic heterocycles. The van der Waals surface area contributed by atoms with E-state index in [2.05, 4.69) is 67.5 Å². The summed E-state index contributed by atoms with van der Waals surface area (Å²) in [4.78, 5) is 12.3. The summed E-state index contributed by atoms with van der Waals surface area (Å²) in [7, 11) is -1.62. The molecular weight excluding hydrogens is 292 g/mol. The van der Waals surface area contributed by atoms with Crippen molar-refractivity contribution < 1.29 is 4.79 Å². The fourth-order valence-corrected chi connectivity index (χ4v) is 5.33. The molecule has 2 rings (SSSR count). The largest absolute Gasteiger partial charge is 0.303 e. The lowest BCUT2D eigenvalue weighted by Crippen LogP contribution is -2.17. The molecule has 1 aliphatic heterocycles. The van der Waals surface area contributed by atoms with Gasteiger partial charge in [-0.05, 0) is 17.7 Å². The normalized spacial score (nSPS) is 23.7. The Morgan fingerprint density at radius 1 is 1.29 bits per heavy atom. The predicted octanol–water partition coefficient (Wildman–Crippen LogP) is 4.17. The van der Waals surface area contributed by atoms with Gasteiger partial charge in [0.25, 0.3) is 0 Å². The Hall–Kier alpha value is -1.24. The van der Waals surface area contributed by atoms with E-state index in [-0.39, 0.29) is 16.8 Å². The van der Waals surface area contributed by atoms with Crippen LogP contribution in [0, 0.1) is 17.4 Å². The molecule has 0 amide bonds.